The molecule has 1 aliphatic carbocycles. The van der Waals surface area contributed by atoms with Crippen LogP contribution in [-0.2, 0) is 9.53 Å². The number of carbonyl (C=O) groups excluding carboxylic acids is 2. The molecule has 1 N–H and O–H groups in total. The van der Waals surface area contributed by atoms with E-state index in [9.17, 15) is 9.59 Å². The lowest BCUT2D eigenvalue weighted by molar-refractivity contribution is -0.124. The molecule has 1 heterocycles. The van der Waals surface area contributed by atoms with Crippen molar-refractivity contribution in [2.75, 3.05) is 13.2 Å². The summed E-state index contributed by atoms with van der Waals surface area (Å²) < 4.78 is 9.98. The summed E-state index contributed by atoms with van der Waals surface area (Å²) >= 11 is 0. The van der Waals surface area contributed by atoms with Gasteiger partial charge in [0.15, 0.2) is 6.61 Å². The molecule has 1 amide bonds. The Hall–Kier alpha value is -1.78. The van der Waals surface area contributed by atoms with Gasteiger partial charge in [0.25, 0.3) is 5.91 Å². The Kier molecular flexibility index (Phi) is 5.21. The van der Waals surface area contributed by atoms with Crippen molar-refractivity contribution in [2.45, 2.75) is 39.0 Å². The molecule has 0 aromatic carbocycles. The van der Waals surface area contributed by atoms with Crippen LogP contribution >= 0.6 is 0 Å². The minimum absolute atomic E-state index is 0.240. The molecule has 0 radical (unpaired) electrons. The second kappa shape index (κ2) is 7.12. The predicted molar refractivity (Wildman–Crippen MR) is 73.3 cm³/mol. The summed E-state index contributed by atoms with van der Waals surface area (Å²) in [6, 6.07) is 1.54. The van der Waals surface area contributed by atoms with Gasteiger partial charge in [-0.25, -0.2) is 4.79 Å². The van der Waals surface area contributed by atoms with Crippen LogP contribution in [-0.4, -0.2) is 25.0 Å². The van der Waals surface area contributed by atoms with Gasteiger partial charge in [0.05, 0.1) is 6.26 Å². The van der Waals surface area contributed by atoms with Crippen LogP contribution < -0.4 is 5.32 Å². The van der Waals surface area contributed by atoms with Crippen LogP contribution in [0.15, 0.2) is 16.7 Å². The molecule has 0 aliphatic heterocycles. The van der Waals surface area contributed by atoms with Crippen molar-refractivity contribution >= 4 is 11.9 Å². The van der Waals surface area contributed by atoms with E-state index in [1.54, 1.807) is 6.92 Å². The normalized spacial score (nSPS) is 15.8. The summed E-state index contributed by atoms with van der Waals surface area (Å²) in [5, 5.41) is 2.83. The molecule has 1 aromatic rings. The molecule has 0 spiro atoms. The Morgan fingerprint density at radius 2 is 2.10 bits per heavy atom. The van der Waals surface area contributed by atoms with E-state index in [0.29, 0.717) is 23.8 Å². The van der Waals surface area contributed by atoms with E-state index in [-0.39, 0.29) is 12.5 Å². The highest BCUT2D eigenvalue weighted by Crippen LogP contribution is 2.22. The maximum atomic E-state index is 11.7. The Bertz CT molecular complexity index is 460. The van der Waals surface area contributed by atoms with E-state index in [1.165, 1.54) is 44.4 Å². The van der Waals surface area contributed by atoms with Crippen LogP contribution in [0.25, 0.3) is 0 Å². The van der Waals surface area contributed by atoms with Gasteiger partial charge in [-0.3, -0.25) is 4.79 Å². The highest BCUT2D eigenvalue weighted by Gasteiger charge is 2.16. The van der Waals surface area contributed by atoms with Gasteiger partial charge < -0.3 is 14.5 Å². The molecule has 0 atom stereocenters. The lowest BCUT2D eigenvalue weighted by Crippen LogP contribution is -2.33. The third-order valence-corrected chi connectivity index (χ3v) is 3.73. The first-order valence-electron chi connectivity index (χ1n) is 7.14. The summed E-state index contributed by atoms with van der Waals surface area (Å²) in [5.74, 6) is 0.297. The maximum Gasteiger partial charge on any atom is 0.342 e. The second-order valence-corrected chi connectivity index (χ2v) is 5.27. The number of esters is 1. The van der Waals surface area contributed by atoms with Crippen LogP contribution in [0.2, 0.25) is 0 Å². The molecule has 0 bridgehead atoms. The maximum absolute atomic E-state index is 11.7. The van der Waals surface area contributed by atoms with Crippen molar-refractivity contribution < 1.29 is 18.7 Å². The Labute approximate surface area is 118 Å². The van der Waals surface area contributed by atoms with E-state index >= 15 is 0 Å². The number of ether oxygens (including phenoxy) is 1. The topological polar surface area (TPSA) is 68.5 Å². The average Bonchev–Trinajstić information content (AvgIpc) is 2.90. The van der Waals surface area contributed by atoms with Gasteiger partial charge >= 0.3 is 5.97 Å². The van der Waals surface area contributed by atoms with Crippen molar-refractivity contribution in [1.82, 2.24) is 5.32 Å². The van der Waals surface area contributed by atoms with E-state index in [1.807, 2.05) is 0 Å². The lowest BCUT2D eigenvalue weighted by atomic mass is 9.89. The highest BCUT2D eigenvalue weighted by atomic mass is 16.5. The molecule has 1 fully saturated rings. The minimum Gasteiger partial charge on any atom is -0.469 e. The van der Waals surface area contributed by atoms with Crippen LogP contribution in [0.3, 0.4) is 0 Å². The van der Waals surface area contributed by atoms with Gasteiger partial charge in [-0.05, 0) is 31.7 Å². The Morgan fingerprint density at radius 3 is 2.75 bits per heavy atom. The SMILES string of the molecule is Cc1occc1C(=O)OCC(=O)NCC1CCCCC1. The van der Waals surface area contributed by atoms with Gasteiger partial charge in [-0.1, -0.05) is 19.3 Å². The summed E-state index contributed by atoms with van der Waals surface area (Å²) in [6.07, 6.45) is 7.56. The summed E-state index contributed by atoms with van der Waals surface area (Å²) in [4.78, 5) is 23.3. The van der Waals surface area contributed by atoms with Crippen LogP contribution in [0.1, 0.15) is 48.2 Å². The first-order chi connectivity index (χ1) is 9.66. The van der Waals surface area contributed by atoms with Crippen molar-refractivity contribution in [3.8, 4) is 0 Å². The van der Waals surface area contributed by atoms with Crippen molar-refractivity contribution in [3.05, 3.63) is 23.7 Å². The number of furan rings is 1. The smallest absolute Gasteiger partial charge is 0.342 e. The molecule has 20 heavy (non-hydrogen) atoms. The number of amides is 1. The molecule has 1 saturated carbocycles. The number of nitrogens with one attached hydrogen (secondary N) is 1. The van der Waals surface area contributed by atoms with Gasteiger partial charge in [0.1, 0.15) is 11.3 Å². The second-order valence-electron chi connectivity index (χ2n) is 5.27. The Balaban J connectivity index is 1.67. The van der Waals surface area contributed by atoms with Gasteiger partial charge in [0, 0.05) is 6.54 Å². The van der Waals surface area contributed by atoms with E-state index in [4.69, 9.17) is 9.15 Å². The lowest BCUT2D eigenvalue weighted by Gasteiger charge is -2.21. The number of carbonyl (C=O) groups is 2. The molecular formula is C15H21NO4. The third kappa shape index (κ3) is 4.11. The molecule has 2 rings (SSSR count). The van der Waals surface area contributed by atoms with Crippen molar-refractivity contribution in [2.24, 2.45) is 5.92 Å². The fraction of sp³-hybridized carbons (Fsp3) is 0.600. The third-order valence-electron chi connectivity index (χ3n) is 3.73. The minimum atomic E-state index is -0.524. The molecule has 1 aliphatic rings. The summed E-state index contributed by atoms with van der Waals surface area (Å²) in [6.45, 7) is 2.12. The standard InChI is InChI=1S/C15H21NO4/c1-11-13(7-8-19-11)15(18)20-10-14(17)16-9-12-5-3-2-4-6-12/h7-8,12H,2-6,9-10H2,1H3,(H,16,17). The van der Waals surface area contributed by atoms with Gasteiger partial charge in [0.2, 0.25) is 0 Å². The molecular weight excluding hydrogens is 258 g/mol. The Morgan fingerprint density at radius 1 is 1.35 bits per heavy atom. The first-order valence-corrected chi connectivity index (χ1v) is 7.14. The summed E-state index contributed by atoms with van der Waals surface area (Å²) in [5.41, 5.74) is 0.366. The zero-order chi connectivity index (χ0) is 14.4. The molecule has 5 nitrogen and oxygen atoms in total. The molecule has 1 aromatic heterocycles. The predicted octanol–water partition coefficient (Wildman–Crippen LogP) is 2.44. The van der Waals surface area contributed by atoms with E-state index < -0.39 is 5.97 Å². The van der Waals surface area contributed by atoms with E-state index in [2.05, 4.69) is 5.32 Å². The zero-order valence-corrected chi connectivity index (χ0v) is 11.8. The molecule has 110 valence electrons. The molecule has 0 unspecified atom stereocenters. The quantitative estimate of drug-likeness (QED) is 0.841. The monoisotopic (exact) mass is 279 g/mol. The van der Waals surface area contributed by atoms with Crippen LogP contribution in [0.5, 0.6) is 0 Å². The van der Waals surface area contributed by atoms with Gasteiger partial charge in [-0.15, -0.1) is 0 Å². The largest absolute Gasteiger partial charge is 0.469 e. The fourth-order valence-electron chi connectivity index (χ4n) is 2.51. The summed E-state index contributed by atoms with van der Waals surface area (Å²) in [7, 11) is 0. The number of aryl methyl sites for hydroxylation is 1. The zero-order valence-electron chi connectivity index (χ0n) is 11.8. The number of hydrogen-bond donors (Lipinski definition) is 1. The number of hydrogen-bond acceptors (Lipinski definition) is 4. The number of rotatable bonds is 5. The van der Waals surface area contributed by atoms with Crippen LogP contribution in [0.4, 0.5) is 0 Å². The molecule has 5 heteroatoms. The van der Waals surface area contributed by atoms with Crippen LogP contribution in [0, 0.1) is 12.8 Å². The average molecular weight is 279 g/mol. The highest BCUT2D eigenvalue weighted by molar-refractivity contribution is 5.92. The van der Waals surface area contributed by atoms with Crippen molar-refractivity contribution in [1.29, 1.82) is 0 Å². The van der Waals surface area contributed by atoms with Gasteiger partial charge in [-0.2, -0.15) is 0 Å². The van der Waals surface area contributed by atoms with E-state index in [0.717, 1.165) is 0 Å². The first kappa shape index (κ1) is 14.6. The van der Waals surface area contributed by atoms with Crippen molar-refractivity contribution in [3.63, 3.8) is 0 Å². The molecule has 0 saturated heterocycles. The fourth-order valence-corrected chi connectivity index (χ4v) is 2.51.